The molecule has 0 spiro atoms. The molecule has 1 aromatic heterocycles. The number of hydrogen-bond donors (Lipinski definition) is 2. The average Bonchev–Trinajstić information content (AvgIpc) is 2.84. The number of hydrogen-bond acceptors (Lipinski definition) is 4. The predicted octanol–water partition coefficient (Wildman–Crippen LogP) is 1.92. The van der Waals surface area contributed by atoms with E-state index in [1.54, 1.807) is 18.3 Å². The highest BCUT2D eigenvalue weighted by atomic mass is 16.6. The van der Waals surface area contributed by atoms with Gasteiger partial charge in [-0.15, -0.1) is 0 Å². The normalized spacial score (nSPS) is 16.7. The summed E-state index contributed by atoms with van der Waals surface area (Å²) in [5.74, 6) is 0.874. The standard InChI is InChI=1S/C16H17N3O3/c1-10-7-12(11(2)18-10)8-17-19-16(20)15-9-21-13-5-3-4-6-14(13)22-15/h3-8,15,18H,9H2,1-2H3,(H,19,20)/t15-/m1/s1. The number of nitrogens with zero attached hydrogens (tertiary/aromatic N) is 1. The lowest BCUT2D eigenvalue weighted by Gasteiger charge is -2.24. The van der Waals surface area contributed by atoms with Gasteiger partial charge in [-0.1, -0.05) is 12.1 Å². The molecule has 0 radical (unpaired) electrons. The van der Waals surface area contributed by atoms with E-state index in [-0.39, 0.29) is 12.5 Å². The van der Waals surface area contributed by atoms with Crippen LogP contribution < -0.4 is 14.9 Å². The van der Waals surface area contributed by atoms with E-state index >= 15 is 0 Å². The first-order valence-electron chi connectivity index (χ1n) is 7.01. The second kappa shape index (κ2) is 5.93. The molecule has 1 amide bonds. The molecule has 6 heteroatoms. The van der Waals surface area contributed by atoms with Crippen LogP contribution in [0.1, 0.15) is 17.0 Å². The van der Waals surface area contributed by atoms with E-state index in [9.17, 15) is 4.79 Å². The molecule has 1 aliphatic heterocycles. The highest BCUT2D eigenvalue weighted by Gasteiger charge is 2.26. The Morgan fingerprint density at radius 2 is 2.14 bits per heavy atom. The van der Waals surface area contributed by atoms with Gasteiger partial charge in [0.1, 0.15) is 6.61 Å². The maximum absolute atomic E-state index is 12.1. The summed E-state index contributed by atoms with van der Waals surface area (Å²) in [6.07, 6.45) is 0.898. The Morgan fingerprint density at radius 1 is 1.36 bits per heavy atom. The van der Waals surface area contributed by atoms with Gasteiger partial charge in [0, 0.05) is 17.0 Å². The van der Waals surface area contributed by atoms with Crippen LogP contribution in [0, 0.1) is 13.8 Å². The quantitative estimate of drug-likeness (QED) is 0.671. The Hall–Kier alpha value is -2.76. The second-order valence-electron chi connectivity index (χ2n) is 5.13. The molecular formula is C16H17N3O3. The van der Waals surface area contributed by atoms with Crippen molar-refractivity contribution < 1.29 is 14.3 Å². The van der Waals surface area contributed by atoms with E-state index in [0.717, 1.165) is 17.0 Å². The lowest BCUT2D eigenvalue weighted by molar-refractivity contribution is -0.130. The number of H-pyrrole nitrogens is 1. The fraction of sp³-hybridized carbons (Fsp3) is 0.250. The topological polar surface area (TPSA) is 75.7 Å². The van der Waals surface area contributed by atoms with E-state index in [4.69, 9.17) is 9.47 Å². The van der Waals surface area contributed by atoms with Crippen molar-refractivity contribution in [3.05, 3.63) is 47.3 Å². The van der Waals surface area contributed by atoms with Crippen LogP contribution in [0.5, 0.6) is 11.5 Å². The molecule has 1 aliphatic rings. The Balaban J connectivity index is 1.60. The number of benzene rings is 1. The minimum Gasteiger partial charge on any atom is -0.485 e. The molecule has 1 aromatic carbocycles. The zero-order valence-corrected chi connectivity index (χ0v) is 12.4. The van der Waals surface area contributed by atoms with Crippen LogP contribution in [0.4, 0.5) is 0 Å². The van der Waals surface area contributed by atoms with Gasteiger partial charge in [-0.2, -0.15) is 5.10 Å². The van der Waals surface area contributed by atoms with E-state index in [0.29, 0.717) is 11.5 Å². The van der Waals surface area contributed by atoms with E-state index in [2.05, 4.69) is 15.5 Å². The summed E-state index contributed by atoms with van der Waals surface area (Å²) < 4.78 is 11.1. The van der Waals surface area contributed by atoms with Crippen LogP contribution in [0.2, 0.25) is 0 Å². The van der Waals surface area contributed by atoms with Crippen molar-refractivity contribution in [1.82, 2.24) is 10.4 Å². The highest BCUT2D eigenvalue weighted by molar-refractivity contribution is 5.85. The first kappa shape index (κ1) is 14.2. The zero-order chi connectivity index (χ0) is 15.5. The number of nitrogens with one attached hydrogen (secondary N) is 2. The third-order valence-electron chi connectivity index (χ3n) is 3.37. The largest absolute Gasteiger partial charge is 0.485 e. The SMILES string of the molecule is Cc1cc(C=NNC(=O)[C@H]2COc3ccccc3O2)c(C)[nH]1. The van der Waals surface area contributed by atoms with E-state index < -0.39 is 6.10 Å². The van der Waals surface area contributed by atoms with Crippen LogP contribution in [-0.2, 0) is 4.79 Å². The molecule has 0 saturated carbocycles. The summed E-state index contributed by atoms with van der Waals surface area (Å²) in [7, 11) is 0. The summed E-state index contributed by atoms with van der Waals surface area (Å²) in [5.41, 5.74) is 5.46. The molecule has 6 nitrogen and oxygen atoms in total. The monoisotopic (exact) mass is 299 g/mol. The molecule has 0 bridgehead atoms. The average molecular weight is 299 g/mol. The van der Waals surface area contributed by atoms with Crippen molar-refractivity contribution in [2.45, 2.75) is 20.0 Å². The van der Waals surface area contributed by atoms with Gasteiger partial charge in [-0.05, 0) is 32.0 Å². The summed E-state index contributed by atoms with van der Waals surface area (Å²) in [4.78, 5) is 15.2. The summed E-state index contributed by atoms with van der Waals surface area (Å²) >= 11 is 0. The first-order chi connectivity index (χ1) is 10.6. The molecule has 114 valence electrons. The number of para-hydroxylation sites is 2. The molecule has 0 aliphatic carbocycles. The third kappa shape index (κ3) is 2.95. The van der Waals surface area contributed by atoms with Crippen LogP contribution in [0.15, 0.2) is 35.4 Å². The molecule has 2 aromatic rings. The number of aryl methyl sites for hydroxylation is 2. The summed E-state index contributed by atoms with van der Waals surface area (Å²) in [6, 6.07) is 9.22. The van der Waals surface area contributed by atoms with Gasteiger partial charge in [-0.3, -0.25) is 4.79 Å². The zero-order valence-electron chi connectivity index (χ0n) is 12.4. The van der Waals surface area contributed by atoms with Gasteiger partial charge < -0.3 is 14.5 Å². The number of carbonyl (C=O) groups is 1. The minimum atomic E-state index is -0.707. The minimum absolute atomic E-state index is 0.167. The summed E-state index contributed by atoms with van der Waals surface area (Å²) in [5, 5.41) is 3.97. The smallest absolute Gasteiger partial charge is 0.284 e. The van der Waals surface area contributed by atoms with Crippen LogP contribution in [0.3, 0.4) is 0 Å². The number of carbonyl (C=O) groups excluding carboxylic acids is 1. The number of aromatic nitrogens is 1. The van der Waals surface area contributed by atoms with Gasteiger partial charge in [-0.25, -0.2) is 5.43 Å². The number of aromatic amines is 1. The van der Waals surface area contributed by atoms with Crippen LogP contribution in [0.25, 0.3) is 0 Å². The molecule has 3 rings (SSSR count). The van der Waals surface area contributed by atoms with Crippen molar-refractivity contribution in [3.63, 3.8) is 0 Å². The molecule has 0 unspecified atom stereocenters. The lowest BCUT2D eigenvalue weighted by Crippen LogP contribution is -2.42. The maximum atomic E-state index is 12.1. The maximum Gasteiger partial charge on any atom is 0.284 e. The Kier molecular flexibility index (Phi) is 3.82. The molecule has 1 atom stereocenters. The third-order valence-corrected chi connectivity index (χ3v) is 3.37. The van der Waals surface area contributed by atoms with Gasteiger partial charge >= 0.3 is 0 Å². The van der Waals surface area contributed by atoms with Crippen LogP contribution in [-0.4, -0.2) is 29.8 Å². The Labute approximate surface area is 128 Å². The number of amides is 1. The number of hydrazone groups is 1. The number of fused-ring (bicyclic) bond motifs is 1. The first-order valence-corrected chi connectivity index (χ1v) is 7.01. The number of ether oxygens (including phenoxy) is 2. The van der Waals surface area contributed by atoms with Crippen molar-refractivity contribution in [3.8, 4) is 11.5 Å². The molecule has 2 heterocycles. The van der Waals surface area contributed by atoms with Gasteiger partial charge in [0.15, 0.2) is 11.5 Å². The van der Waals surface area contributed by atoms with Crippen molar-refractivity contribution in [1.29, 1.82) is 0 Å². The van der Waals surface area contributed by atoms with Gasteiger partial charge in [0.25, 0.3) is 5.91 Å². The van der Waals surface area contributed by atoms with Gasteiger partial charge in [0.05, 0.1) is 6.21 Å². The molecule has 2 N–H and O–H groups in total. The van der Waals surface area contributed by atoms with Gasteiger partial charge in [0.2, 0.25) is 6.10 Å². The van der Waals surface area contributed by atoms with Crippen LogP contribution >= 0.6 is 0 Å². The van der Waals surface area contributed by atoms with Crippen molar-refractivity contribution in [2.75, 3.05) is 6.61 Å². The predicted molar refractivity (Wildman–Crippen MR) is 82.4 cm³/mol. The van der Waals surface area contributed by atoms with Crippen molar-refractivity contribution in [2.24, 2.45) is 5.10 Å². The fourth-order valence-electron chi connectivity index (χ4n) is 2.27. The Bertz CT molecular complexity index is 721. The molecule has 22 heavy (non-hydrogen) atoms. The molecule has 0 fully saturated rings. The summed E-state index contributed by atoms with van der Waals surface area (Å²) in [6.45, 7) is 4.08. The molecule has 0 saturated heterocycles. The second-order valence-corrected chi connectivity index (χ2v) is 5.13. The lowest BCUT2D eigenvalue weighted by atomic mass is 10.2. The fourth-order valence-corrected chi connectivity index (χ4v) is 2.27. The number of rotatable bonds is 3. The van der Waals surface area contributed by atoms with Crippen molar-refractivity contribution >= 4 is 12.1 Å². The Morgan fingerprint density at radius 3 is 2.86 bits per heavy atom. The van der Waals surface area contributed by atoms with E-state index in [1.807, 2.05) is 32.0 Å². The van der Waals surface area contributed by atoms with E-state index in [1.165, 1.54) is 0 Å². The highest BCUT2D eigenvalue weighted by Crippen LogP contribution is 2.30. The molecular weight excluding hydrogens is 282 g/mol.